The molecule has 7 nitrogen and oxygen atoms in total. The largest absolute Gasteiger partial charge is 0.495 e. The molecule has 2 aromatic carbocycles. The molecule has 0 heterocycles. The number of carbonyl (C=O) groups excluding carboxylic acids is 1. The molecular formula is C18H21ClN2O5S. The van der Waals surface area contributed by atoms with E-state index < -0.39 is 15.9 Å². The van der Waals surface area contributed by atoms with Crippen molar-refractivity contribution in [2.75, 3.05) is 32.6 Å². The van der Waals surface area contributed by atoms with E-state index in [2.05, 4.69) is 5.32 Å². The number of anilines is 1. The van der Waals surface area contributed by atoms with Gasteiger partial charge in [-0.2, -0.15) is 4.31 Å². The minimum absolute atomic E-state index is 0.0775. The predicted molar refractivity (Wildman–Crippen MR) is 104 cm³/mol. The van der Waals surface area contributed by atoms with Crippen LogP contribution in [0.1, 0.15) is 6.92 Å². The van der Waals surface area contributed by atoms with Gasteiger partial charge in [0.1, 0.15) is 11.5 Å². The van der Waals surface area contributed by atoms with Crippen LogP contribution >= 0.6 is 11.6 Å². The van der Waals surface area contributed by atoms with Crippen molar-refractivity contribution in [3.05, 3.63) is 47.5 Å². The number of halogens is 1. The number of likely N-dealkylation sites (N-methyl/N-ethyl adjacent to an activating group) is 1. The fourth-order valence-electron chi connectivity index (χ4n) is 2.29. The predicted octanol–water partition coefficient (Wildman–Crippen LogP) is 3.01. The number of ether oxygens (including phenoxy) is 2. The van der Waals surface area contributed by atoms with E-state index in [1.165, 1.54) is 32.4 Å². The van der Waals surface area contributed by atoms with Crippen molar-refractivity contribution in [2.24, 2.45) is 0 Å². The van der Waals surface area contributed by atoms with E-state index in [0.717, 1.165) is 4.31 Å². The molecule has 0 aliphatic rings. The van der Waals surface area contributed by atoms with Gasteiger partial charge < -0.3 is 14.8 Å². The highest BCUT2D eigenvalue weighted by atomic mass is 35.5. The summed E-state index contributed by atoms with van der Waals surface area (Å²) in [7, 11) is -0.980. The molecule has 2 aromatic rings. The van der Waals surface area contributed by atoms with E-state index in [1.54, 1.807) is 24.3 Å². The Morgan fingerprint density at radius 2 is 1.85 bits per heavy atom. The fraction of sp³-hybridized carbons (Fsp3) is 0.278. The van der Waals surface area contributed by atoms with Gasteiger partial charge in [-0.25, -0.2) is 8.42 Å². The van der Waals surface area contributed by atoms with E-state index in [0.29, 0.717) is 28.8 Å². The highest BCUT2D eigenvalue weighted by molar-refractivity contribution is 7.89. The standard InChI is InChI=1S/C18H21ClN2O5S/c1-4-26-14-6-8-15(9-7-14)27(23,24)21(2)12-18(22)20-13-5-10-17(25-3)16(19)11-13/h5-11H,4,12H2,1-3H3,(H,20,22). The summed E-state index contributed by atoms with van der Waals surface area (Å²) in [6.07, 6.45) is 0. The molecule has 0 spiro atoms. The van der Waals surface area contributed by atoms with E-state index in [4.69, 9.17) is 21.1 Å². The molecule has 0 fully saturated rings. The topological polar surface area (TPSA) is 84.9 Å². The van der Waals surface area contributed by atoms with Crippen LogP contribution in [0.4, 0.5) is 5.69 Å². The Kier molecular flexibility index (Phi) is 7.06. The number of benzene rings is 2. The number of sulfonamides is 1. The molecule has 0 atom stereocenters. The maximum absolute atomic E-state index is 12.6. The van der Waals surface area contributed by atoms with E-state index in [-0.39, 0.29) is 11.4 Å². The van der Waals surface area contributed by atoms with Crippen molar-refractivity contribution in [3.8, 4) is 11.5 Å². The van der Waals surface area contributed by atoms with Gasteiger partial charge in [0.15, 0.2) is 0 Å². The molecule has 0 bridgehead atoms. The number of carbonyl (C=O) groups is 1. The molecule has 9 heteroatoms. The first-order valence-corrected chi connectivity index (χ1v) is 9.92. The lowest BCUT2D eigenvalue weighted by atomic mass is 10.3. The lowest BCUT2D eigenvalue weighted by Gasteiger charge is -2.17. The quantitative estimate of drug-likeness (QED) is 0.720. The molecule has 0 aliphatic carbocycles. The lowest BCUT2D eigenvalue weighted by molar-refractivity contribution is -0.116. The molecule has 0 saturated carbocycles. The van der Waals surface area contributed by atoms with Crippen LogP contribution in [0.25, 0.3) is 0 Å². The number of hydrogen-bond acceptors (Lipinski definition) is 5. The monoisotopic (exact) mass is 412 g/mol. The third-order valence-corrected chi connectivity index (χ3v) is 5.76. The van der Waals surface area contributed by atoms with Crippen LogP contribution in [0.2, 0.25) is 5.02 Å². The summed E-state index contributed by atoms with van der Waals surface area (Å²) < 4.78 is 36.5. The van der Waals surface area contributed by atoms with Gasteiger partial charge >= 0.3 is 0 Å². The molecule has 27 heavy (non-hydrogen) atoms. The Morgan fingerprint density at radius 3 is 2.41 bits per heavy atom. The van der Waals surface area contributed by atoms with Gasteiger partial charge in [-0.3, -0.25) is 4.79 Å². The summed E-state index contributed by atoms with van der Waals surface area (Å²) in [4.78, 5) is 12.3. The average Bonchev–Trinajstić information content (AvgIpc) is 2.62. The van der Waals surface area contributed by atoms with Crippen LogP contribution in [-0.4, -0.2) is 45.9 Å². The zero-order valence-corrected chi connectivity index (χ0v) is 16.8. The lowest BCUT2D eigenvalue weighted by Crippen LogP contribution is -2.34. The van der Waals surface area contributed by atoms with Crippen LogP contribution in [0.5, 0.6) is 11.5 Å². The zero-order chi connectivity index (χ0) is 20.0. The Bertz CT molecular complexity index is 900. The molecule has 1 N–H and O–H groups in total. The molecule has 2 rings (SSSR count). The Balaban J connectivity index is 2.04. The average molecular weight is 413 g/mol. The highest BCUT2D eigenvalue weighted by Gasteiger charge is 2.23. The van der Waals surface area contributed by atoms with Crippen LogP contribution < -0.4 is 14.8 Å². The number of nitrogens with one attached hydrogen (secondary N) is 1. The second-order valence-electron chi connectivity index (χ2n) is 5.56. The van der Waals surface area contributed by atoms with E-state index >= 15 is 0 Å². The van der Waals surface area contributed by atoms with Gasteiger partial charge in [0, 0.05) is 12.7 Å². The van der Waals surface area contributed by atoms with Crippen molar-refractivity contribution >= 4 is 33.2 Å². The third-order valence-electron chi connectivity index (χ3n) is 3.64. The minimum Gasteiger partial charge on any atom is -0.495 e. The number of rotatable bonds is 8. The third kappa shape index (κ3) is 5.35. The van der Waals surface area contributed by atoms with Gasteiger partial charge in [-0.1, -0.05) is 11.6 Å². The number of nitrogens with zero attached hydrogens (tertiary/aromatic N) is 1. The van der Waals surface area contributed by atoms with Crippen molar-refractivity contribution in [2.45, 2.75) is 11.8 Å². The molecule has 1 amide bonds. The van der Waals surface area contributed by atoms with Gasteiger partial charge in [0.25, 0.3) is 0 Å². The van der Waals surface area contributed by atoms with Gasteiger partial charge in [-0.15, -0.1) is 0 Å². The molecule has 0 saturated heterocycles. The van der Waals surface area contributed by atoms with Crippen molar-refractivity contribution in [3.63, 3.8) is 0 Å². The molecular weight excluding hydrogens is 392 g/mol. The van der Waals surface area contributed by atoms with Crippen molar-refractivity contribution in [1.82, 2.24) is 4.31 Å². The van der Waals surface area contributed by atoms with E-state index in [9.17, 15) is 13.2 Å². The van der Waals surface area contributed by atoms with Crippen LogP contribution in [0.3, 0.4) is 0 Å². The van der Waals surface area contributed by atoms with Gasteiger partial charge in [0.2, 0.25) is 15.9 Å². The SMILES string of the molecule is CCOc1ccc(S(=O)(=O)N(C)CC(=O)Nc2ccc(OC)c(Cl)c2)cc1. The fourth-order valence-corrected chi connectivity index (χ4v) is 3.67. The summed E-state index contributed by atoms with van der Waals surface area (Å²) in [5.41, 5.74) is 0.442. The summed E-state index contributed by atoms with van der Waals surface area (Å²) >= 11 is 6.01. The summed E-state index contributed by atoms with van der Waals surface area (Å²) in [6.45, 7) is 1.98. The van der Waals surface area contributed by atoms with Gasteiger partial charge in [0.05, 0.1) is 30.2 Å². The maximum Gasteiger partial charge on any atom is 0.243 e. The summed E-state index contributed by atoms with van der Waals surface area (Å²) in [6, 6.07) is 10.8. The van der Waals surface area contributed by atoms with Crippen molar-refractivity contribution in [1.29, 1.82) is 0 Å². The molecule has 146 valence electrons. The van der Waals surface area contributed by atoms with Crippen LogP contribution in [-0.2, 0) is 14.8 Å². The smallest absolute Gasteiger partial charge is 0.243 e. The Hall–Kier alpha value is -2.29. The zero-order valence-electron chi connectivity index (χ0n) is 15.2. The first-order valence-electron chi connectivity index (χ1n) is 8.10. The number of hydrogen-bond donors (Lipinski definition) is 1. The molecule has 0 aromatic heterocycles. The first-order chi connectivity index (χ1) is 12.8. The minimum atomic E-state index is -3.81. The maximum atomic E-state index is 12.6. The first kappa shape index (κ1) is 21.0. The Morgan fingerprint density at radius 1 is 1.19 bits per heavy atom. The molecule has 0 radical (unpaired) electrons. The number of amides is 1. The normalized spacial score (nSPS) is 11.3. The second-order valence-corrected chi connectivity index (χ2v) is 8.02. The van der Waals surface area contributed by atoms with Crippen molar-refractivity contribution < 1.29 is 22.7 Å². The summed E-state index contributed by atoms with van der Waals surface area (Å²) in [5.74, 6) is 0.561. The van der Waals surface area contributed by atoms with E-state index in [1.807, 2.05) is 6.92 Å². The molecule has 0 aliphatic heterocycles. The van der Waals surface area contributed by atoms with Gasteiger partial charge in [-0.05, 0) is 49.4 Å². The van der Waals surface area contributed by atoms with Crippen LogP contribution in [0.15, 0.2) is 47.4 Å². The van der Waals surface area contributed by atoms with Crippen LogP contribution in [0, 0.1) is 0 Å². The molecule has 0 unspecified atom stereocenters. The highest BCUT2D eigenvalue weighted by Crippen LogP contribution is 2.27. The summed E-state index contributed by atoms with van der Waals surface area (Å²) in [5, 5.41) is 2.95. The Labute approximate surface area is 163 Å². The number of methoxy groups -OCH3 is 1. The second kappa shape index (κ2) is 9.07.